The van der Waals surface area contributed by atoms with Crippen LogP contribution in [0.25, 0.3) is 10.2 Å². The zero-order valence-electron chi connectivity index (χ0n) is 19.8. The zero-order valence-corrected chi connectivity index (χ0v) is 21.4. The monoisotopic (exact) mass is 517 g/mol. The first-order valence-electron chi connectivity index (χ1n) is 11.3. The zero-order chi connectivity index (χ0) is 25.2. The maximum atomic E-state index is 13.0. The Morgan fingerprint density at radius 1 is 1.11 bits per heavy atom. The Labute approximate surface area is 207 Å². The molecule has 1 aliphatic carbocycles. The van der Waals surface area contributed by atoms with Gasteiger partial charge in [0.1, 0.15) is 12.3 Å². The van der Waals surface area contributed by atoms with Crippen molar-refractivity contribution >= 4 is 43.5 Å². The van der Waals surface area contributed by atoms with Crippen molar-refractivity contribution in [2.24, 2.45) is 4.99 Å². The molecule has 35 heavy (non-hydrogen) atoms. The van der Waals surface area contributed by atoms with E-state index in [4.69, 9.17) is 9.47 Å². The van der Waals surface area contributed by atoms with Gasteiger partial charge in [-0.2, -0.15) is 9.30 Å². The first-order chi connectivity index (χ1) is 16.7. The quantitative estimate of drug-likeness (QED) is 0.404. The summed E-state index contributed by atoms with van der Waals surface area (Å²) in [7, 11) is -2.03. The Hall–Kier alpha value is -3.02. The molecule has 0 atom stereocenters. The third kappa shape index (κ3) is 5.47. The molecule has 4 rings (SSSR count). The minimum Gasteiger partial charge on any atom is -0.494 e. The lowest BCUT2D eigenvalue weighted by Crippen LogP contribution is -2.28. The van der Waals surface area contributed by atoms with Gasteiger partial charge in [-0.05, 0) is 69.2 Å². The molecular formula is C24H27N3O6S2. The number of fused-ring (bicyclic) bond motifs is 1. The number of aromatic nitrogens is 1. The van der Waals surface area contributed by atoms with Gasteiger partial charge in [-0.1, -0.05) is 11.3 Å². The first-order valence-corrected chi connectivity index (χ1v) is 13.6. The summed E-state index contributed by atoms with van der Waals surface area (Å²) in [5.41, 5.74) is 0.968. The van der Waals surface area contributed by atoms with Crippen molar-refractivity contribution in [1.82, 2.24) is 8.87 Å². The van der Waals surface area contributed by atoms with Crippen LogP contribution in [-0.4, -0.2) is 55.5 Å². The number of amides is 1. The van der Waals surface area contributed by atoms with E-state index in [0.29, 0.717) is 17.2 Å². The van der Waals surface area contributed by atoms with Gasteiger partial charge >= 0.3 is 5.97 Å². The maximum Gasteiger partial charge on any atom is 0.326 e. The third-order valence-corrected chi connectivity index (χ3v) is 8.56. The summed E-state index contributed by atoms with van der Waals surface area (Å²) in [4.78, 5) is 29.9. The van der Waals surface area contributed by atoms with E-state index in [9.17, 15) is 18.0 Å². The molecule has 0 aliphatic heterocycles. The summed E-state index contributed by atoms with van der Waals surface area (Å²) in [5, 5.41) is 0. The second kappa shape index (κ2) is 10.3. The molecule has 3 aromatic rings. The van der Waals surface area contributed by atoms with Gasteiger partial charge in [0.25, 0.3) is 5.91 Å². The number of ether oxygens (including phenoxy) is 2. The van der Waals surface area contributed by atoms with Crippen molar-refractivity contribution in [2.75, 3.05) is 20.3 Å². The molecule has 0 N–H and O–H groups in total. The maximum absolute atomic E-state index is 13.0. The Morgan fingerprint density at radius 2 is 1.83 bits per heavy atom. The summed E-state index contributed by atoms with van der Waals surface area (Å²) in [6.07, 6.45) is 1.72. The average Bonchev–Trinajstić information content (AvgIpc) is 3.63. The molecule has 9 nitrogen and oxygen atoms in total. The molecule has 1 fully saturated rings. The summed E-state index contributed by atoms with van der Waals surface area (Å²) < 4.78 is 39.9. The van der Waals surface area contributed by atoms with Crippen molar-refractivity contribution in [1.29, 1.82) is 0 Å². The number of hydrogen-bond acceptors (Lipinski definition) is 7. The normalized spacial score (nSPS) is 14.5. The number of sulfonamides is 1. The predicted molar refractivity (Wildman–Crippen MR) is 132 cm³/mol. The number of esters is 1. The Kier molecular flexibility index (Phi) is 7.39. The van der Waals surface area contributed by atoms with Crippen molar-refractivity contribution in [3.05, 3.63) is 52.8 Å². The summed E-state index contributed by atoms with van der Waals surface area (Å²) in [6, 6.07) is 11.2. The van der Waals surface area contributed by atoms with Crippen LogP contribution in [0.5, 0.6) is 5.75 Å². The Morgan fingerprint density at radius 3 is 2.46 bits per heavy atom. The number of benzene rings is 2. The molecule has 1 amide bonds. The van der Waals surface area contributed by atoms with E-state index in [0.717, 1.165) is 23.1 Å². The highest BCUT2D eigenvalue weighted by Crippen LogP contribution is 2.30. The fourth-order valence-corrected chi connectivity index (χ4v) is 6.08. The van der Waals surface area contributed by atoms with Crippen molar-refractivity contribution in [2.45, 2.75) is 44.2 Å². The molecular weight excluding hydrogens is 490 g/mol. The third-order valence-electron chi connectivity index (χ3n) is 5.59. The highest BCUT2D eigenvalue weighted by molar-refractivity contribution is 7.89. The lowest BCUT2D eigenvalue weighted by Gasteiger charge is -2.16. The second-order valence-corrected chi connectivity index (χ2v) is 11.0. The summed E-state index contributed by atoms with van der Waals surface area (Å²) in [6.45, 7) is 4.27. The molecule has 0 radical (unpaired) electrons. The predicted octanol–water partition coefficient (Wildman–Crippen LogP) is 3.19. The first kappa shape index (κ1) is 25.1. The van der Waals surface area contributed by atoms with Crippen LogP contribution in [0.15, 0.2) is 52.4 Å². The number of thiazole rings is 1. The fourth-order valence-electron chi connectivity index (χ4n) is 3.61. The highest BCUT2D eigenvalue weighted by Gasteiger charge is 2.35. The van der Waals surface area contributed by atoms with Gasteiger partial charge in [-0.3, -0.25) is 9.59 Å². The van der Waals surface area contributed by atoms with E-state index in [-0.39, 0.29) is 29.7 Å². The SMILES string of the molecule is CCOC(=O)Cn1c(=NC(=O)c2ccc(S(=O)(=O)N(C)C3CC3)cc2)sc2cc(OCC)ccc21. The largest absolute Gasteiger partial charge is 0.494 e. The number of carbonyl (C=O) groups excluding carboxylic acids is 2. The Bertz CT molecular complexity index is 1420. The highest BCUT2D eigenvalue weighted by atomic mass is 32.2. The van der Waals surface area contributed by atoms with E-state index in [1.54, 1.807) is 24.6 Å². The molecule has 1 heterocycles. The van der Waals surface area contributed by atoms with E-state index >= 15 is 0 Å². The fraction of sp³-hybridized carbons (Fsp3) is 0.375. The summed E-state index contributed by atoms with van der Waals surface area (Å²) in [5.74, 6) is -0.307. The molecule has 1 saturated carbocycles. The lowest BCUT2D eigenvalue weighted by molar-refractivity contribution is -0.143. The minimum absolute atomic E-state index is 0.0438. The molecule has 0 bridgehead atoms. The average molecular weight is 518 g/mol. The molecule has 1 aromatic heterocycles. The van der Waals surface area contributed by atoms with Crippen LogP contribution in [0.1, 0.15) is 37.0 Å². The lowest BCUT2D eigenvalue weighted by atomic mass is 10.2. The van der Waals surface area contributed by atoms with Crippen molar-refractivity contribution in [3.63, 3.8) is 0 Å². The molecule has 11 heteroatoms. The van der Waals surface area contributed by atoms with Gasteiger partial charge in [-0.25, -0.2) is 8.42 Å². The molecule has 2 aromatic carbocycles. The van der Waals surface area contributed by atoms with E-state index < -0.39 is 21.9 Å². The van der Waals surface area contributed by atoms with Crippen LogP contribution in [0.4, 0.5) is 0 Å². The number of rotatable bonds is 9. The number of carbonyl (C=O) groups is 2. The van der Waals surface area contributed by atoms with E-state index in [1.807, 2.05) is 19.1 Å². The minimum atomic E-state index is -3.60. The topological polar surface area (TPSA) is 107 Å². The second-order valence-electron chi connectivity index (χ2n) is 8.03. The molecule has 0 spiro atoms. The van der Waals surface area contributed by atoms with Gasteiger partial charge in [0.2, 0.25) is 10.0 Å². The van der Waals surface area contributed by atoms with E-state index in [2.05, 4.69) is 4.99 Å². The standard InChI is InChI=1S/C24H27N3O6S2/c1-4-32-18-10-13-20-21(14-18)34-24(27(20)15-22(28)33-5-2)25-23(29)16-6-11-19(12-7-16)35(30,31)26(3)17-8-9-17/h6-7,10-14,17H,4-5,8-9,15H2,1-3H3. The van der Waals surface area contributed by atoms with Gasteiger partial charge in [0.05, 0.1) is 28.3 Å². The van der Waals surface area contributed by atoms with Gasteiger partial charge in [0.15, 0.2) is 4.80 Å². The smallest absolute Gasteiger partial charge is 0.326 e. The molecule has 1 aliphatic rings. The van der Waals surface area contributed by atoms with Crippen molar-refractivity contribution < 1.29 is 27.5 Å². The van der Waals surface area contributed by atoms with Crippen LogP contribution in [0, 0.1) is 0 Å². The van der Waals surface area contributed by atoms with Crippen molar-refractivity contribution in [3.8, 4) is 5.75 Å². The summed E-state index contributed by atoms with van der Waals surface area (Å²) >= 11 is 1.25. The van der Waals surface area contributed by atoms with Crippen LogP contribution in [0.3, 0.4) is 0 Å². The van der Waals surface area contributed by atoms with Crippen LogP contribution >= 0.6 is 11.3 Å². The van der Waals surface area contributed by atoms with Crippen LogP contribution < -0.4 is 9.54 Å². The Balaban J connectivity index is 1.68. The van der Waals surface area contributed by atoms with E-state index in [1.165, 1.54) is 39.9 Å². The number of hydrogen-bond donors (Lipinski definition) is 0. The molecule has 0 saturated heterocycles. The van der Waals surface area contributed by atoms with Crippen LogP contribution in [-0.2, 0) is 26.1 Å². The van der Waals surface area contributed by atoms with Gasteiger partial charge < -0.3 is 14.0 Å². The molecule has 186 valence electrons. The van der Waals surface area contributed by atoms with Crippen LogP contribution in [0.2, 0.25) is 0 Å². The van der Waals surface area contributed by atoms with Gasteiger partial charge in [-0.15, -0.1) is 0 Å². The molecule has 0 unspecified atom stereocenters. The van der Waals surface area contributed by atoms with Gasteiger partial charge in [0, 0.05) is 18.7 Å². The number of nitrogens with zero attached hydrogens (tertiary/aromatic N) is 3.